The Bertz CT molecular complexity index is 445. The van der Waals surface area contributed by atoms with Crippen LogP contribution in [0.25, 0.3) is 0 Å². The number of aliphatic hydroxyl groups excluding tert-OH is 1. The highest BCUT2D eigenvalue weighted by Gasteiger charge is 2.06. The first kappa shape index (κ1) is 10.2. The third-order valence-electron chi connectivity index (χ3n) is 1.87. The molecule has 3 nitrogen and oxygen atoms in total. The summed E-state index contributed by atoms with van der Waals surface area (Å²) in [4.78, 5) is 7.77. The molecule has 0 bridgehead atoms. The van der Waals surface area contributed by atoms with Crippen LogP contribution in [0.1, 0.15) is 5.56 Å². The maximum absolute atomic E-state index is 12.9. The Morgan fingerprint density at radius 3 is 3.00 bits per heavy atom. The van der Waals surface area contributed by atoms with Crippen molar-refractivity contribution in [3.63, 3.8) is 0 Å². The van der Waals surface area contributed by atoms with Crippen molar-refractivity contribution in [2.24, 2.45) is 0 Å². The summed E-state index contributed by atoms with van der Waals surface area (Å²) in [5, 5.41) is 9.78. The number of imidazole rings is 1. The number of nitrogens with zero attached hydrogens (tertiary/aromatic N) is 1. The second-order valence-corrected chi connectivity index (χ2v) is 3.94. The molecular formula is C10H9FN2OS. The van der Waals surface area contributed by atoms with E-state index in [9.17, 15) is 4.39 Å². The van der Waals surface area contributed by atoms with Gasteiger partial charge in [0.2, 0.25) is 0 Å². The van der Waals surface area contributed by atoms with Crippen LogP contribution in [0.3, 0.4) is 0 Å². The molecule has 2 rings (SSSR count). The lowest BCUT2D eigenvalue weighted by Crippen LogP contribution is -1.89. The fourth-order valence-electron chi connectivity index (χ4n) is 1.18. The lowest BCUT2D eigenvalue weighted by Gasteiger charge is -2.04. The van der Waals surface area contributed by atoms with Gasteiger partial charge >= 0.3 is 0 Å². The number of halogens is 1. The summed E-state index contributed by atoms with van der Waals surface area (Å²) in [5.74, 6) is -0.345. The largest absolute Gasteiger partial charge is 0.392 e. The molecular weight excluding hydrogens is 215 g/mol. The van der Waals surface area contributed by atoms with Crippen molar-refractivity contribution in [1.29, 1.82) is 0 Å². The highest BCUT2D eigenvalue weighted by Crippen LogP contribution is 2.28. The van der Waals surface area contributed by atoms with Crippen molar-refractivity contribution in [2.45, 2.75) is 16.7 Å². The van der Waals surface area contributed by atoms with E-state index in [1.54, 1.807) is 18.5 Å². The minimum Gasteiger partial charge on any atom is -0.392 e. The van der Waals surface area contributed by atoms with E-state index in [4.69, 9.17) is 5.11 Å². The van der Waals surface area contributed by atoms with E-state index in [0.29, 0.717) is 5.56 Å². The Kier molecular flexibility index (Phi) is 3.03. The quantitative estimate of drug-likeness (QED) is 0.840. The highest BCUT2D eigenvalue weighted by atomic mass is 32.2. The number of H-pyrrole nitrogens is 1. The average Bonchev–Trinajstić information content (AvgIpc) is 2.73. The van der Waals surface area contributed by atoms with Crippen molar-refractivity contribution in [2.75, 3.05) is 0 Å². The van der Waals surface area contributed by atoms with Gasteiger partial charge in [-0.1, -0.05) is 11.8 Å². The lowest BCUT2D eigenvalue weighted by molar-refractivity contribution is 0.278. The molecule has 0 saturated carbocycles. The first-order valence-corrected chi connectivity index (χ1v) is 5.18. The van der Waals surface area contributed by atoms with E-state index in [2.05, 4.69) is 9.97 Å². The normalized spacial score (nSPS) is 10.5. The summed E-state index contributed by atoms with van der Waals surface area (Å²) in [7, 11) is 0. The van der Waals surface area contributed by atoms with Gasteiger partial charge in [0, 0.05) is 17.3 Å². The molecule has 1 heterocycles. The van der Waals surface area contributed by atoms with Crippen LogP contribution in [0.5, 0.6) is 0 Å². The molecule has 0 aliphatic heterocycles. The van der Waals surface area contributed by atoms with Gasteiger partial charge in [-0.05, 0) is 23.8 Å². The Morgan fingerprint density at radius 1 is 1.47 bits per heavy atom. The predicted molar refractivity (Wildman–Crippen MR) is 55.0 cm³/mol. The molecule has 0 fully saturated rings. The second kappa shape index (κ2) is 4.46. The number of aromatic amines is 1. The molecule has 0 saturated heterocycles. The minimum atomic E-state index is -0.345. The number of rotatable bonds is 3. The summed E-state index contributed by atoms with van der Waals surface area (Å²) >= 11 is 1.36. The number of nitrogens with one attached hydrogen (secondary N) is 1. The smallest absolute Gasteiger partial charge is 0.170 e. The standard InChI is InChI=1S/C10H9FN2OS/c11-8-1-2-9(7(5-8)6-14)15-10-12-3-4-13-10/h1-5,14H,6H2,(H,12,13). The van der Waals surface area contributed by atoms with Gasteiger partial charge in [0.15, 0.2) is 5.16 Å². The number of hydrogen-bond acceptors (Lipinski definition) is 3. The molecule has 1 aromatic carbocycles. The van der Waals surface area contributed by atoms with Crippen LogP contribution in [0.15, 0.2) is 40.6 Å². The van der Waals surface area contributed by atoms with Gasteiger partial charge in [-0.2, -0.15) is 0 Å². The SMILES string of the molecule is OCc1cc(F)ccc1Sc1ncc[nH]1. The van der Waals surface area contributed by atoms with Gasteiger partial charge in [-0.25, -0.2) is 9.37 Å². The lowest BCUT2D eigenvalue weighted by atomic mass is 10.2. The molecule has 0 amide bonds. The molecule has 78 valence electrons. The number of benzene rings is 1. The molecule has 2 N–H and O–H groups in total. The Balaban J connectivity index is 2.28. The van der Waals surface area contributed by atoms with E-state index in [1.165, 1.54) is 23.9 Å². The molecule has 0 aliphatic rings. The van der Waals surface area contributed by atoms with Crippen LogP contribution in [0.4, 0.5) is 4.39 Å². The molecule has 0 atom stereocenters. The molecule has 2 aromatic rings. The van der Waals surface area contributed by atoms with Gasteiger partial charge in [-0.15, -0.1) is 0 Å². The van der Waals surface area contributed by atoms with Crippen LogP contribution in [-0.4, -0.2) is 15.1 Å². The summed E-state index contributed by atoms with van der Waals surface area (Å²) < 4.78 is 12.9. The topological polar surface area (TPSA) is 48.9 Å². The maximum atomic E-state index is 12.9. The third-order valence-corrected chi connectivity index (χ3v) is 2.91. The van der Waals surface area contributed by atoms with Crippen LogP contribution in [0.2, 0.25) is 0 Å². The second-order valence-electron chi connectivity index (χ2n) is 2.91. The van der Waals surface area contributed by atoms with E-state index in [-0.39, 0.29) is 12.4 Å². The highest BCUT2D eigenvalue weighted by molar-refractivity contribution is 7.99. The molecule has 0 radical (unpaired) electrons. The maximum Gasteiger partial charge on any atom is 0.170 e. The van der Waals surface area contributed by atoms with Gasteiger partial charge in [0.05, 0.1) is 6.61 Å². The summed E-state index contributed by atoms with van der Waals surface area (Å²) in [6.07, 6.45) is 3.36. The Morgan fingerprint density at radius 2 is 2.33 bits per heavy atom. The zero-order valence-corrected chi connectivity index (χ0v) is 8.59. The first-order valence-electron chi connectivity index (χ1n) is 4.36. The van der Waals surface area contributed by atoms with Crippen LogP contribution >= 0.6 is 11.8 Å². The average molecular weight is 224 g/mol. The van der Waals surface area contributed by atoms with Gasteiger partial charge < -0.3 is 10.1 Å². The molecule has 1 aromatic heterocycles. The van der Waals surface area contributed by atoms with E-state index < -0.39 is 0 Å². The third kappa shape index (κ3) is 2.37. The van der Waals surface area contributed by atoms with Gasteiger partial charge in [-0.3, -0.25) is 0 Å². The molecule has 15 heavy (non-hydrogen) atoms. The van der Waals surface area contributed by atoms with Crippen LogP contribution in [-0.2, 0) is 6.61 Å². The summed E-state index contributed by atoms with van der Waals surface area (Å²) in [6, 6.07) is 4.32. The van der Waals surface area contributed by atoms with Gasteiger partial charge in [0.1, 0.15) is 5.82 Å². The number of aromatic nitrogens is 2. The van der Waals surface area contributed by atoms with E-state index in [1.807, 2.05) is 0 Å². The number of aliphatic hydroxyl groups is 1. The van der Waals surface area contributed by atoms with Crippen molar-refractivity contribution < 1.29 is 9.50 Å². The van der Waals surface area contributed by atoms with Gasteiger partial charge in [0.25, 0.3) is 0 Å². The first-order chi connectivity index (χ1) is 7.29. The zero-order chi connectivity index (χ0) is 10.7. The van der Waals surface area contributed by atoms with Crippen molar-refractivity contribution >= 4 is 11.8 Å². The van der Waals surface area contributed by atoms with Crippen molar-refractivity contribution in [3.8, 4) is 0 Å². The van der Waals surface area contributed by atoms with Crippen LogP contribution < -0.4 is 0 Å². The fraction of sp³-hybridized carbons (Fsp3) is 0.100. The summed E-state index contributed by atoms with van der Waals surface area (Å²) in [5.41, 5.74) is 0.566. The zero-order valence-electron chi connectivity index (χ0n) is 7.77. The molecule has 5 heteroatoms. The minimum absolute atomic E-state index is 0.180. The van der Waals surface area contributed by atoms with Crippen LogP contribution in [0, 0.1) is 5.82 Å². The van der Waals surface area contributed by atoms with Crippen molar-refractivity contribution in [1.82, 2.24) is 9.97 Å². The predicted octanol–water partition coefficient (Wildman–Crippen LogP) is 2.19. The molecule has 0 aliphatic carbocycles. The molecule has 0 spiro atoms. The Labute approximate surface area is 90.4 Å². The van der Waals surface area contributed by atoms with E-state index in [0.717, 1.165) is 10.1 Å². The summed E-state index contributed by atoms with van der Waals surface area (Å²) in [6.45, 7) is -0.180. The van der Waals surface area contributed by atoms with E-state index >= 15 is 0 Å². The fourth-order valence-corrected chi connectivity index (χ4v) is 2.02. The number of hydrogen-bond donors (Lipinski definition) is 2. The van der Waals surface area contributed by atoms with Crippen molar-refractivity contribution in [3.05, 3.63) is 42.0 Å². The Hall–Kier alpha value is -1.33. The molecule has 0 unspecified atom stereocenters. The monoisotopic (exact) mass is 224 g/mol.